The second-order valence-corrected chi connectivity index (χ2v) is 11.9. The first-order valence-electron chi connectivity index (χ1n) is 14.8. The average molecular weight is 578 g/mol. The van der Waals surface area contributed by atoms with E-state index in [-0.39, 0.29) is 24.1 Å². The van der Waals surface area contributed by atoms with Crippen LogP contribution in [0.1, 0.15) is 61.8 Å². The highest BCUT2D eigenvalue weighted by molar-refractivity contribution is 5.96. The number of methoxy groups -OCH3 is 1. The minimum Gasteiger partial charge on any atom is -0.379 e. The van der Waals surface area contributed by atoms with Crippen LogP contribution in [0, 0.1) is 0 Å². The normalized spacial score (nSPS) is 24.8. The molecule has 1 aliphatic heterocycles. The number of carbonyl (C=O) groups excluding carboxylic acids is 1. The van der Waals surface area contributed by atoms with Crippen molar-refractivity contribution in [3.05, 3.63) is 54.2 Å². The zero-order valence-corrected chi connectivity index (χ0v) is 24.8. The second kappa shape index (κ2) is 11.5. The Bertz CT molecular complexity index is 1560. The molecule has 0 radical (unpaired) electrons. The van der Waals surface area contributed by atoms with Crippen LogP contribution in [0.15, 0.2) is 47.2 Å². The molecule has 1 aliphatic carbocycles. The van der Waals surface area contributed by atoms with Crippen molar-refractivity contribution >= 4 is 22.5 Å². The smallest absolute Gasteiger partial charge is 0.253 e. The number of hydrogen-bond acceptors (Lipinski definition) is 7. The van der Waals surface area contributed by atoms with Crippen LogP contribution >= 0.6 is 0 Å². The van der Waals surface area contributed by atoms with E-state index in [4.69, 9.17) is 9.26 Å². The fraction of sp³-hybridized carbons (Fsp3) is 0.516. The standard InChI is InChI=1S/C31H40FN7O3/c1-5-39-26-8-6-7-24(34-25-11-13-37(3)19-23(25)32)22(26)15-27(39)29-35-28(42-36-29)17-33-30(40)20-10-14-38(18-20)21-9-12-31(2,16-21)41-4/h6-8,10,14-15,18,21,23,25,34H,5,9,11-13,16-17,19H2,1-4H3,(H,33,40)/t21-,23+,25-,31+/m1/s1. The highest BCUT2D eigenvalue weighted by Gasteiger charge is 2.36. The summed E-state index contributed by atoms with van der Waals surface area (Å²) in [5, 5.41) is 11.6. The van der Waals surface area contributed by atoms with Gasteiger partial charge in [0, 0.05) is 56.3 Å². The number of nitrogens with one attached hydrogen (secondary N) is 2. The van der Waals surface area contributed by atoms with Crippen molar-refractivity contribution in [1.29, 1.82) is 0 Å². The fourth-order valence-corrected chi connectivity index (χ4v) is 6.43. The number of rotatable bonds is 9. The van der Waals surface area contributed by atoms with Crippen LogP contribution in [0.25, 0.3) is 22.4 Å². The number of piperidine rings is 1. The number of aromatic nitrogens is 4. The van der Waals surface area contributed by atoms with Crippen molar-refractivity contribution in [2.45, 2.75) is 76.5 Å². The Morgan fingerprint density at radius 2 is 2.14 bits per heavy atom. The molecule has 2 fully saturated rings. The maximum absolute atomic E-state index is 14.8. The van der Waals surface area contributed by atoms with E-state index in [0.717, 1.165) is 54.5 Å². The summed E-state index contributed by atoms with van der Waals surface area (Å²) in [6.07, 6.45) is 6.60. The summed E-state index contributed by atoms with van der Waals surface area (Å²) in [4.78, 5) is 19.5. The van der Waals surface area contributed by atoms with Crippen molar-refractivity contribution in [3.8, 4) is 11.5 Å². The van der Waals surface area contributed by atoms with Gasteiger partial charge in [-0.05, 0) is 70.8 Å². The molecule has 2 aliphatic rings. The third kappa shape index (κ3) is 5.55. The van der Waals surface area contributed by atoms with Crippen LogP contribution in [0.4, 0.5) is 10.1 Å². The maximum atomic E-state index is 14.8. The number of aryl methyl sites for hydroxylation is 1. The molecular weight excluding hydrogens is 537 g/mol. The molecule has 4 atom stereocenters. The number of nitrogens with zero attached hydrogens (tertiary/aromatic N) is 5. The largest absolute Gasteiger partial charge is 0.379 e. The third-order valence-corrected chi connectivity index (χ3v) is 9.01. The Labute approximate surface area is 245 Å². The first-order valence-corrected chi connectivity index (χ1v) is 14.8. The number of ether oxygens (including phenoxy) is 1. The van der Waals surface area contributed by atoms with Gasteiger partial charge in [0.15, 0.2) is 0 Å². The van der Waals surface area contributed by atoms with Gasteiger partial charge in [-0.1, -0.05) is 11.2 Å². The number of likely N-dealkylation sites (tertiary alicyclic amines) is 1. The van der Waals surface area contributed by atoms with Crippen molar-refractivity contribution in [2.75, 3.05) is 32.6 Å². The van der Waals surface area contributed by atoms with Gasteiger partial charge in [-0.2, -0.15) is 4.98 Å². The minimum absolute atomic E-state index is 0.112. The predicted octanol–water partition coefficient (Wildman–Crippen LogP) is 5.03. The molecule has 1 saturated carbocycles. The topological polar surface area (TPSA) is 102 Å². The van der Waals surface area contributed by atoms with E-state index >= 15 is 0 Å². The summed E-state index contributed by atoms with van der Waals surface area (Å²) in [5.41, 5.74) is 3.19. The van der Waals surface area contributed by atoms with Gasteiger partial charge in [0.2, 0.25) is 11.7 Å². The molecule has 224 valence electrons. The average Bonchev–Trinajstić information content (AvgIpc) is 3.78. The first kappa shape index (κ1) is 28.4. The van der Waals surface area contributed by atoms with Gasteiger partial charge >= 0.3 is 0 Å². The number of benzene rings is 1. The van der Waals surface area contributed by atoms with E-state index in [1.54, 1.807) is 7.11 Å². The van der Waals surface area contributed by atoms with E-state index in [1.807, 2.05) is 54.7 Å². The highest BCUT2D eigenvalue weighted by Crippen LogP contribution is 2.40. The quantitative estimate of drug-likeness (QED) is 0.288. The lowest BCUT2D eigenvalue weighted by Crippen LogP contribution is -2.46. The molecule has 0 unspecified atom stereocenters. The fourth-order valence-electron chi connectivity index (χ4n) is 6.43. The molecule has 0 bridgehead atoms. The molecule has 11 heteroatoms. The lowest BCUT2D eigenvalue weighted by Gasteiger charge is -2.33. The second-order valence-electron chi connectivity index (χ2n) is 11.9. The van der Waals surface area contributed by atoms with Gasteiger partial charge in [-0.25, -0.2) is 4.39 Å². The third-order valence-electron chi connectivity index (χ3n) is 9.01. The van der Waals surface area contributed by atoms with Crippen LogP contribution in [-0.2, 0) is 17.8 Å². The molecule has 4 aromatic rings. The SMILES string of the molecule is CCn1c(-c2noc(CNC(=O)c3ccn([C@@H]4CC[C@](C)(OC)C4)c3)n2)cc2c(N[C@@H]3CCN(C)C[C@@H]3F)cccc21. The van der Waals surface area contributed by atoms with Crippen LogP contribution in [0.2, 0.25) is 0 Å². The number of amides is 1. The number of carbonyl (C=O) groups is 1. The molecule has 10 nitrogen and oxygen atoms in total. The van der Waals surface area contributed by atoms with Crippen molar-refractivity contribution in [3.63, 3.8) is 0 Å². The monoisotopic (exact) mass is 577 g/mol. The Morgan fingerprint density at radius 1 is 1.29 bits per heavy atom. The molecule has 1 saturated heterocycles. The first-order chi connectivity index (χ1) is 20.3. The summed E-state index contributed by atoms with van der Waals surface area (Å²) in [7, 11) is 3.71. The lowest BCUT2D eigenvalue weighted by molar-refractivity contribution is 0.00962. The molecule has 6 rings (SSSR count). The molecule has 1 aromatic carbocycles. The van der Waals surface area contributed by atoms with Gasteiger partial charge < -0.3 is 33.9 Å². The molecule has 0 spiro atoms. The number of halogens is 1. The van der Waals surface area contributed by atoms with Crippen molar-refractivity contribution < 1.29 is 18.4 Å². The molecule has 4 heterocycles. The predicted molar refractivity (Wildman–Crippen MR) is 159 cm³/mol. The summed E-state index contributed by atoms with van der Waals surface area (Å²) in [5.74, 6) is 0.571. The Kier molecular flexibility index (Phi) is 7.80. The summed E-state index contributed by atoms with van der Waals surface area (Å²) in [6.45, 7) is 6.30. The summed E-state index contributed by atoms with van der Waals surface area (Å²) < 4.78 is 30.2. The summed E-state index contributed by atoms with van der Waals surface area (Å²) in [6, 6.07) is 9.96. The van der Waals surface area contributed by atoms with Crippen molar-refractivity contribution in [1.82, 2.24) is 29.5 Å². The molecule has 2 N–H and O–H groups in total. The van der Waals surface area contributed by atoms with Crippen LogP contribution in [0.3, 0.4) is 0 Å². The van der Waals surface area contributed by atoms with E-state index < -0.39 is 6.17 Å². The number of alkyl halides is 1. The van der Waals surface area contributed by atoms with Crippen LogP contribution in [0.5, 0.6) is 0 Å². The van der Waals surface area contributed by atoms with Crippen LogP contribution < -0.4 is 10.6 Å². The highest BCUT2D eigenvalue weighted by atomic mass is 19.1. The van der Waals surface area contributed by atoms with Gasteiger partial charge in [-0.3, -0.25) is 4.79 Å². The maximum Gasteiger partial charge on any atom is 0.253 e. The zero-order valence-electron chi connectivity index (χ0n) is 24.8. The van der Waals surface area contributed by atoms with E-state index in [0.29, 0.717) is 36.4 Å². The minimum atomic E-state index is -0.936. The summed E-state index contributed by atoms with van der Waals surface area (Å²) >= 11 is 0. The molecule has 1 amide bonds. The number of fused-ring (bicyclic) bond motifs is 1. The van der Waals surface area contributed by atoms with Crippen LogP contribution in [-0.4, -0.2) is 75.1 Å². The van der Waals surface area contributed by atoms with Gasteiger partial charge in [0.05, 0.1) is 35.0 Å². The Hall–Kier alpha value is -3.70. The zero-order chi connectivity index (χ0) is 29.4. The molecule has 42 heavy (non-hydrogen) atoms. The Balaban J connectivity index is 1.14. The van der Waals surface area contributed by atoms with Crippen molar-refractivity contribution in [2.24, 2.45) is 0 Å². The van der Waals surface area contributed by atoms with E-state index in [1.165, 1.54) is 0 Å². The lowest BCUT2D eigenvalue weighted by atomic mass is 10.0. The molecular formula is C31H40FN7O3. The Morgan fingerprint density at radius 3 is 2.90 bits per heavy atom. The van der Waals surface area contributed by atoms with Gasteiger partial charge in [-0.15, -0.1) is 0 Å². The molecule has 3 aromatic heterocycles. The van der Waals surface area contributed by atoms with Gasteiger partial charge in [0.25, 0.3) is 5.91 Å². The number of anilines is 1. The van der Waals surface area contributed by atoms with Gasteiger partial charge in [0.1, 0.15) is 6.17 Å². The van der Waals surface area contributed by atoms with E-state index in [2.05, 4.69) is 43.8 Å². The number of hydrogen-bond donors (Lipinski definition) is 2. The van der Waals surface area contributed by atoms with E-state index in [9.17, 15) is 9.18 Å².